The van der Waals surface area contributed by atoms with Crippen LogP contribution in [-0.2, 0) is 0 Å². The molecular weight excluding hydrogens is 208 g/mol. The molecule has 1 aromatic heterocycles. The molecule has 0 spiro atoms. The van der Waals surface area contributed by atoms with Crippen molar-refractivity contribution in [1.29, 1.82) is 0 Å². The zero-order valence-electron chi connectivity index (χ0n) is 8.62. The van der Waals surface area contributed by atoms with Gasteiger partial charge in [-0.2, -0.15) is 0 Å². The van der Waals surface area contributed by atoms with Crippen LogP contribution in [0.3, 0.4) is 0 Å². The van der Waals surface area contributed by atoms with Crippen LogP contribution in [0.1, 0.15) is 19.3 Å². The van der Waals surface area contributed by atoms with Crippen LogP contribution in [0.15, 0.2) is 30.4 Å². The first-order valence-corrected chi connectivity index (χ1v) is 5.74. The summed E-state index contributed by atoms with van der Waals surface area (Å²) < 4.78 is 0. The van der Waals surface area contributed by atoms with E-state index in [1.54, 1.807) is 6.07 Å². The molecule has 0 bridgehead atoms. The standard InChI is InChI=1S/C12H15ClN2/c13-11-7-4-8-12(15-11)14-9-10-5-2-1-3-6-10/h1-2,4,7-8,10H,3,5-6,9H2,(H,14,15). The van der Waals surface area contributed by atoms with E-state index in [0.29, 0.717) is 5.15 Å². The molecule has 15 heavy (non-hydrogen) atoms. The molecule has 2 rings (SSSR count). The second-order valence-electron chi connectivity index (χ2n) is 3.88. The highest BCUT2D eigenvalue weighted by Gasteiger charge is 2.09. The van der Waals surface area contributed by atoms with Gasteiger partial charge in [0.25, 0.3) is 0 Å². The Morgan fingerprint density at radius 1 is 1.40 bits per heavy atom. The lowest BCUT2D eigenvalue weighted by Crippen LogP contribution is -2.15. The largest absolute Gasteiger partial charge is 0.370 e. The molecule has 1 N–H and O–H groups in total. The Balaban J connectivity index is 1.84. The second kappa shape index (κ2) is 5.17. The van der Waals surface area contributed by atoms with Gasteiger partial charge in [-0.05, 0) is 37.3 Å². The molecule has 1 atom stereocenters. The van der Waals surface area contributed by atoms with Crippen LogP contribution in [0.4, 0.5) is 5.82 Å². The zero-order chi connectivity index (χ0) is 10.5. The molecule has 0 aliphatic heterocycles. The van der Waals surface area contributed by atoms with Crippen molar-refractivity contribution >= 4 is 17.4 Å². The third-order valence-electron chi connectivity index (χ3n) is 2.66. The summed E-state index contributed by atoms with van der Waals surface area (Å²) in [6, 6.07) is 5.65. The number of nitrogens with zero attached hydrogens (tertiary/aromatic N) is 1. The normalized spacial score (nSPS) is 20.2. The first-order chi connectivity index (χ1) is 7.34. The number of aromatic nitrogens is 1. The fourth-order valence-corrected chi connectivity index (χ4v) is 1.96. The van der Waals surface area contributed by atoms with Gasteiger partial charge in [0.2, 0.25) is 0 Å². The molecule has 0 radical (unpaired) electrons. The summed E-state index contributed by atoms with van der Waals surface area (Å²) in [7, 11) is 0. The molecular formula is C12H15ClN2. The average Bonchev–Trinajstić information content (AvgIpc) is 2.28. The Bertz CT molecular complexity index is 349. The Morgan fingerprint density at radius 2 is 2.33 bits per heavy atom. The van der Waals surface area contributed by atoms with E-state index >= 15 is 0 Å². The molecule has 3 heteroatoms. The first kappa shape index (κ1) is 10.5. The number of halogens is 1. The van der Waals surface area contributed by atoms with Crippen molar-refractivity contribution < 1.29 is 0 Å². The lowest BCUT2D eigenvalue weighted by atomic mass is 9.94. The SMILES string of the molecule is Clc1cccc(NCC2CC=CCC2)n1. The minimum Gasteiger partial charge on any atom is -0.370 e. The molecule has 1 aliphatic carbocycles. The van der Waals surface area contributed by atoms with Crippen molar-refractivity contribution in [3.05, 3.63) is 35.5 Å². The van der Waals surface area contributed by atoms with E-state index in [0.717, 1.165) is 18.3 Å². The number of nitrogens with one attached hydrogen (secondary N) is 1. The van der Waals surface area contributed by atoms with Crippen LogP contribution < -0.4 is 5.32 Å². The molecule has 0 aromatic carbocycles. The van der Waals surface area contributed by atoms with E-state index in [2.05, 4.69) is 22.5 Å². The van der Waals surface area contributed by atoms with Gasteiger partial charge in [-0.15, -0.1) is 0 Å². The van der Waals surface area contributed by atoms with Crippen molar-refractivity contribution in [3.63, 3.8) is 0 Å². The van der Waals surface area contributed by atoms with E-state index in [1.807, 2.05) is 12.1 Å². The quantitative estimate of drug-likeness (QED) is 0.626. The highest BCUT2D eigenvalue weighted by molar-refractivity contribution is 6.29. The predicted octanol–water partition coefficient (Wildman–Crippen LogP) is 3.50. The van der Waals surface area contributed by atoms with E-state index in [9.17, 15) is 0 Å². The molecule has 0 saturated heterocycles. The van der Waals surface area contributed by atoms with Gasteiger partial charge in [-0.3, -0.25) is 0 Å². The lowest BCUT2D eigenvalue weighted by molar-refractivity contribution is 0.503. The summed E-state index contributed by atoms with van der Waals surface area (Å²) in [5.74, 6) is 1.60. The van der Waals surface area contributed by atoms with Crippen LogP contribution in [0.25, 0.3) is 0 Å². The highest BCUT2D eigenvalue weighted by atomic mass is 35.5. The Morgan fingerprint density at radius 3 is 3.07 bits per heavy atom. The monoisotopic (exact) mass is 222 g/mol. The molecule has 1 aromatic rings. The summed E-state index contributed by atoms with van der Waals surface area (Å²) in [6.45, 7) is 0.984. The number of rotatable bonds is 3. The van der Waals surface area contributed by atoms with Crippen molar-refractivity contribution in [3.8, 4) is 0 Å². The van der Waals surface area contributed by atoms with Crippen LogP contribution in [0, 0.1) is 5.92 Å². The second-order valence-corrected chi connectivity index (χ2v) is 4.26. The molecule has 0 saturated carbocycles. The number of hydrogen-bond donors (Lipinski definition) is 1. The summed E-state index contributed by atoms with van der Waals surface area (Å²) in [5, 5.41) is 3.87. The maximum absolute atomic E-state index is 5.80. The van der Waals surface area contributed by atoms with Gasteiger partial charge in [0.15, 0.2) is 0 Å². The van der Waals surface area contributed by atoms with E-state index < -0.39 is 0 Å². The first-order valence-electron chi connectivity index (χ1n) is 5.36. The summed E-state index contributed by atoms with van der Waals surface area (Å²) >= 11 is 5.80. The molecule has 80 valence electrons. The van der Waals surface area contributed by atoms with Gasteiger partial charge in [-0.1, -0.05) is 29.8 Å². The maximum Gasteiger partial charge on any atom is 0.131 e. The fourth-order valence-electron chi connectivity index (χ4n) is 1.80. The summed E-state index contributed by atoms with van der Waals surface area (Å²) in [6.07, 6.45) is 8.17. The minimum absolute atomic E-state index is 0.545. The number of hydrogen-bond acceptors (Lipinski definition) is 2. The summed E-state index contributed by atoms with van der Waals surface area (Å²) in [5.41, 5.74) is 0. The third-order valence-corrected chi connectivity index (χ3v) is 2.88. The maximum atomic E-state index is 5.80. The van der Waals surface area contributed by atoms with Crippen LogP contribution >= 0.6 is 11.6 Å². The van der Waals surface area contributed by atoms with E-state index in [1.165, 1.54) is 19.3 Å². The third kappa shape index (κ3) is 3.24. The number of anilines is 1. The van der Waals surface area contributed by atoms with Gasteiger partial charge >= 0.3 is 0 Å². The minimum atomic E-state index is 0.545. The van der Waals surface area contributed by atoms with E-state index in [4.69, 9.17) is 11.6 Å². The Hall–Kier alpha value is -1.02. The van der Waals surface area contributed by atoms with E-state index in [-0.39, 0.29) is 0 Å². The van der Waals surface area contributed by atoms with Gasteiger partial charge in [0, 0.05) is 6.54 Å². The predicted molar refractivity (Wildman–Crippen MR) is 64.2 cm³/mol. The van der Waals surface area contributed by atoms with Crippen molar-refractivity contribution in [2.75, 3.05) is 11.9 Å². The van der Waals surface area contributed by atoms with Gasteiger partial charge in [-0.25, -0.2) is 4.98 Å². The average molecular weight is 223 g/mol. The van der Waals surface area contributed by atoms with Crippen LogP contribution in [0.2, 0.25) is 5.15 Å². The van der Waals surface area contributed by atoms with Gasteiger partial charge in [0.05, 0.1) is 0 Å². The molecule has 2 nitrogen and oxygen atoms in total. The van der Waals surface area contributed by atoms with Crippen LogP contribution in [0.5, 0.6) is 0 Å². The van der Waals surface area contributed by atoms with Crippen LogP contribution in [-0.4, -0.2) is 11.5 Å². The van der Waals surface area contributed by atoms with Crippen molar-refractivity contribution in [1.82, 2.24) is 4.98 Å². The van der Waals surface area contributed by atoms with Gasteiger partial charge < -0.3 is 5.32 Å². The van der Waals surface area contributed by atoms with Gasteiger partial charge in [0.1, 0.15) is 11.0 Å². The van der Waals surface area contributed by atoms with Crippen molar-refractivity contribution in [2.45, 2.75) is 19.3 Å². The molecule has 0 amide bonds. The highest BCUT2D eigenvalue weighted by Crippen LogP contribution is 2.18. The smallest absolute Gasteiger partial charge is 0.131 e. The molecule has 0 fully saturated rings. The number of pyridine rings is 1. The molecule has 1 heterocycles. The topological polar surface area (TPSA) is 24.9 Å². The Labute approximate surface area is 95.4 Å². The van der Waals surface area contributed by atoms with Crippen molar-refractivity contribution in [2.24, 2.45) is 5.92 Å². The number of allylic oxidation sites excluding steroid dienone is 2. The molecule has 1 aliphatic rings. The summed E-state index contributed by atoms with van der Waals surface area (Å²) in [4.78, 5) is 4.19. The fraction of sp³-hybridized carbons (Fsp3) is 0.417. The molecule has 1 unspecified atom stereocenters. The zero-order valence-corrected chi connectivity index (χ0v) is 9.37. The Kier molecular flexibility index (Phi) is 3.62. The lowest BCUT2D eigenvalue weighted by Gasteiger charge is -2.18.